The van der Waals surface area contributed by atoms with Crippen LogP contribution in [-0.4, -0.2) is 49.4 Å². The van der Waals surface area contributed by atoms with Crippen molar-refractivity contribution in [2.45, 2.75) is 17.7 Å². The van der Waals surface area contributed by atoms with E-state index in [9.17, 15) is 18.0 Å². The molecule has 1 atom stereocenters. The summed E-state index contributed by atoms with van der Waals surface area (Å²) in [6, 6.07) is 15.3. The summed E-state index contributed by atoms with van der Waals surface area (Å²) in [6.45, 7) is 0.483. The smallest absolute Gasteiger partial charge is 0.340 e. The Hall–Kier alpha value is -2.97. The zero-order chi connectivity index (χ0) is 21.3. The monoisotopic (exact) mass is 426 g/mol. The lowest BCUT2D eigenvalue weighted by molar-refractivity contribution is 0.0603. The largest absolute Gasteiger partial charge is 0.465 e. The van der Waals surface area contributed by atoms with Gasteiger partial charge in [-0.1, -0.05) is 36.4 Å². The number of benzene rings is 2. The number of ether oxygens (including phenoxy) is 1. The van der Waals surface area contributed by atoms with Crippen LogP contribution in [0.15, 0.2) is 65.7 Å². The van der Waals surface area contributed by atoms with Crippen LogP contribution in [0.1, 0.15) is 28.0 Å². The van der Waals surface area contributed by atoms with Crippen molar-refractivity contribution in [2.75, 3.05) is 20.2 Å². The van der Waals surface area contributed by atoms with E-state index in [1.807, 2.05) is 0 Å². The molecule has 0 unspecified atom stereocenters. The first kappa shape index (κ1) is 20.3. The van der Waals surface area contributed by atoms with E-state index in [1.54, 1.807) is 54.6 Å². The number of fused-ring (bicyclic) bond motifs is 1. The highest BCUT2D eigenvalue weighted by atomic mass is 32.2. The van der Waals surface area contributed by atoms with Crippen LogP contribution in [0.3, 0.4) is 0 Å². The number of piperidine rings is 1. The molecule has 1 saturated heterocycles. The second-order valence-electron chi connectivity index (χ2n) is 7.28. The average Bonchev–Trinajstić information content (AvgIpc) is 3.18. The lowest BCUT2D eigenvalue weighted by Crippen LogP contribution is -2.43. The van der Waals surface area contributed by atoms with E-state index in [1.165, 1.54) is 22.2 Å². The van der Waals surface area contributed by atoms with Gasteiger partial charge < -0.3 is 4.74 Å². The maximum atomic E-state index is 13.3. The summed E-state index contributed by atoms with van der Waals surface area (Å²) in [5.74, 6) is -1.25. The van der Waals surface area contributed by atoms with E-state index in [0.29, 0.717) is 35.9 Å². The second kappa shape index (κ2) is 8.04. The second-order valence-corrected chi connectivity index (χ2v) is 9.21. The topological polar surface area (TPSA) is 85.7 Å². The highest BCUT2D eigenvalue weighted by molar-refractivity contribution is 7.89. The molecule has 0 spiro atoms. The van der Waals surface area contributed by atoms with Crippen molar-refractivity contribution in [3.63, 3.8) is 0 Å². The summed E-state index contributed by atoms with van der Waals surface area (Å²) in [5.41, 5.74) is 0.914. The van der Waals surface area contributed by atoms with Crippen LogP contribution in [0.25, 0.3) is 10.9 Å². The van der Waals surface area contributed by atoms with Crippen molar-refractivity contribution >= 4 is 32.8 Å². The molecule has 8 heteroatoms. The Kier molecular flexibility index (Phi) is 5.44. The van der Waals surface area contributed by atoms with Gasteiger partial charge in [-0.05, 0) is 31.0 Å². The molecular weight excluding hydrogens is 404 g/mol. The summed E-state index contributed by atoms with van der Waals surface area (Å²) in [7, 11) is -2.37. The number of sulfonamides is 1. The third-order valence-electron chi connectivity index (χ3n) is 5.47. The summed E-state index contributed by atoms with van der Waals surface area (Å²) in [4.78, 5) is 25.7. The van der Waals surface area contributed by atoms with E-state index in [4.69, 9.17) is 4.74 Å². The van der Waals surface area contributed by atoms with Crippen LogP contribution in [0.5, 0.6) is 0 Å². The third-order valence-corrected chi connectivity index (χ3v) is 7.35. The zero-order valence-electron chi connectivity index (χ0n) is 16.5. The number of methoxy groups -OCH3 is 1. The fraction of sp³-hybridized carbons (Fsp3) is 0.273. The predicted octanol–water partition coefficient (Wildman–Crippen LogP) is 3.17. The fourth-order valence-electron chi connectivity index (χ4n) is 3.94. The number of rotatable bonds is 4. The average molecular weight is 426 g/mol. The first-order chi connectivity index (χ1) is 14.4. The van der Waals surface area contributed by atoms with Crippen LogP contribution in [-0.2, 0) is 14.8 Å². The van der Waals surface area contributed by atoms with Gasteiger partial charge in [0.25, 0.3) is 0 Å². The van der Waals surface area contributed by atoms with Gasteiger partial charge in [-0.15, -0.1) is 0 Å². The van der Waals surface area contributed by atoms with Crippen LogP contribution < -0.4 is 0 Å². The molecule has 0 aliphatic carbocycles. The van der Waals surface area contributed by atoms with E-state index >= 15 is 0 Å². The summed E-state index contributed by atoms with van der Waals surface area (Å²) in [6.07, 6.45) is 2.66. The molecule has 0 N–H and O–H groups in total. The van der Waals surface area contributed by atoms with Gasteiger partial charge >= 0.3 is 5.97 Å². The SMILES string of the molecule is COC(=O)c1cn(C(=O)[C@@H]2CCCN(S(=O)(=O)c3ccccc3)C2)c2ccccc12. The molecule has 2 heterocycles. The number of aromatic nitrogens is 1. The Morgan fingerprint density at radius 1 is 1.03 bits per heavy atom. The van der Waals surface area contributed by atoms with E-state index < -0.39 is 21.9 Å². The summed E-state index contributed by atoms with van der Waals surface area (Å²) < 4.78 is 33.6. The minimum Gasteiger partial charge on any atom is -0.465 e. The first-order valence-corrected chi connectivity index (χ1v) is 11.2. The van der Waals surface area contributed by atoms with Gasteiger partial charge in [0.15, 0.2) is 0 Å². The van der Waals surface area contributed by atoms with Crippen molar-refractivity contribution in [1.29, 1.82) is 0 Å². The molecule has 2 aromatic carbocycles. The van der Waals surface area contributed by atoms with Gasteiger partial charge in [0.2, 0.25) is 15.9 Å². The van der Waals surface area contributed by atoms with Gasteiger partial charge in [0, 0.05) is 24.7 Å². The van der Waals surface area contributed by atoms with Crippen LogP contribution in [0, 0.1) is 5.92 Å². The molecule has 1 aliphatic heterocycles. The summed E-state index contributed by atoms with van der Waals surface area (Å²) >= 11 is 0. The van der Waals surface area contributed by atoms with Gasteiger partial charge in [-0.3, -0.25) is 9.36 Å². The lowest BCUT2D eigenvalue weighted by Gasteiger charge is -2.31. The van der Waals surface area contributed by atoms with Crippen molar-refractivity contribution < 1.29 is 22.7 Å². The molecule has 30 heavy (non-hydrogen) atoms. The quantitative estimate of drug-likeness (QED) is 0.598. The van der Waals surface area contributed by atoms with Crippen molar-refractivity contribution in [3.05, 3.63) is 66.4 Å². The fourth-order valence-corrected chi connectivity index (χ4v) is 5.48. The molecule has 0 saturated carbocycles. The van der Waals surface area contributed by atoms with Crippen molar-refractivity contribution in [1.82, 2.24) is 8.87 Å². The van der Waals surface area contributed by atoms with Crippen molar-refractivity contribution in [2.24, 2.45) is 5.92 Å². The molecule has 1 fully saturated rings. The number of para-hydroxylation sites is 1. The Balaban J connectivity index is 1.65. The molecule has 3 aromatic rings. The van der Waals surface area contributed by atoms with E-state index in [0.717, 1.165) is 0 Å². The highest BCUT2D eigenvalue weighted by Crippen LogP contribution is 2.28. The lowest BCUT2D eigenvalue weighted by atomic mass is 9.98. The predicted molar refractivity (Wildman–Crippen MR) is 112 cm³/mol. The van der Waals surface area contributed by atoms with Gasteiger partial charge in [-0.25, -0.2) is 13.2 Å². The highest BCUT2D eigenvalue weighted by Gasteiger charge is 2.34. The molecule has 1 aliphatic rings. The Morgan fingerprint density at radius 3 is 2.47 bits per heavy atom. The number of carbonyl (C=O) groups excluding carboxylic acids is 2. The van der Waals surface area contributed by atoms with Gasteiger partial charge in [-0.2, -0.15) is 4.31 Å². The first-order valence-electron chi connectivity index (χ1n) is 9.71. The number of nitrogens with zero attached hydrogens (tertiary/aromatic N) is 2. The Bertz CT molecular complexity index is 1200. The third kappa shape index (κ3) is 3.53. The molecule has 0 amide bonds. The molecular formula is C22H22N2O5S. The molecule has 1 aromatic heterocycles. The molecule has 0 radical (unpaired) electrons. The maximum absolute atomic E-state index is 13.3. The number of esters is 1. The van der Waals surface area contributed by atoms with E-state index in [-0.39, 0.29) is 17.3 Å². The number of hydrogen-bond acceptors (Lipinski definition) is 5. The van der Waals surface area contributed by atoms with E-state index in [2.05, 4.69) is 0 Å². The molecule has 0 bridgehead atoms. The van der Waals surface area contributed by atoms with Crippen LogP contribution in [0.4, 0.5) is 0 Å². The van der Waals surface area contributed by atoms with Gasteiger partial charge in [0.05, 0.1) is 29.0 Å². The van der Waals surface area contributed by atoms with Crippen LogP contribution >= 0.6 is 0 Å². The summed E-state index contributed by atoms with van der Waals surface area (Å²) in [5, 5.41) is 0.627. The Morgan fingerprint density at radius 2 is 1.73 bits per heavy atom. The molecule has 4 rings (SSSR count). The van der Waals surface area contributed by atoms with Crippen LogP contribution in [0.2, 0.25) is 0 Å². The normalized spacial score (nSPS) is 17.7. The minimum absolute atomic E-state index is 0.107. The standard InChI is InChI=1S/C22H22N2O5S/c1-29-22(26)19-15-24(20-12-6-5-11-18(19)20)21(25)16-8-7-13-23(14-16)30(27,28)17-9-3-2-4-10-17/h2-6,9-12,15-16H,7-8,13-14H2,1H3/t16-/m1/s1. The minimum atomic E-state index is -3.67. The molecule has 7 nitrogen and oxygen atoms in total. The van der Waals surface area contributed by atoms with Gasteiger partial charge in [0.1, 0.15) is 0 Å². The maximum Gasteiger partial charge on any atom is 0.340 e. The number of carbonyl (C=O) groups is 2. The zero-order valence-corrected chi connectivity index (χ0v) is 17.3. The number of hydrogen-bond donors (Lipinski definition) is 0. The van der Waals surface area contributed by atoms with Crippen molar-refractivity contribution in [3.8, 4) is 0 Å². The Labute approximate surface area is 174 Å². The molecule has 156 valence electrons.